The molecule has 1 amide bonds. The van der Waals surface area contributed by atoms with Gasteiger partial charge in [-0.3, -0.25) is 18.7 Å². The summed E-state index contributed by atoms with van der Waals surface area (Å²) < 4.78 is 13.6. The fraction of sp³-hybridized carbons (Fsp3) is 0.517. The van der Waals surface area contributed by atoms with Gasteiger partial charge in [-0.05, 0) is 32.2 Å². The van der Waals surface area contributed by atoms with Crippen molar-refractivity contribution in [2.75, 3.05) is 74.1 Å². The average Bonchev–Trinajstić information content (AvgIpc) is 3.54. The number of aromatic nitrogens is 4. The van der Waals surface area contributed by atoms with Crippen molar-refractivity contribution in [3.05, 3.63) is 54.2 Å². The van der Waals surface area contributed by atoms with E-state index in [4.69, 9.17) is 14.5 Å². The number of hydrogen-bond donors (Lipinski definition) is 3. The maximum Gasteiger partial charge on any atom is 0.240 e. The van der Waals surface area contributed by atoms with Gasteiger partial charge in [-0.2, -0.15) is 4.98 Å². The van der Waals surface area contributed by atoms with Gasteiger partial charge in [0.25, 0.3) is 0 Å². The minimum Gasteiger partial charge on any atom is -0.493 e. The van der Waals surface area contributed by atoms with Crippen LogP contribution in [0.15, 0.2) is 43.0 Å². The summed E-state index contributed by atoms with van der Waals surface area (Å²) >= 11 is 0. The maximum absolute atomic E-state index is 10.9. The van der Waals surface area contributed by atoms with Crippen molar-refractivity contribution in [3.8, 4) is 17.4 Å². The number of piperazine rings is 2. The molecule has 12 nitrogen and oxygen atoms in total. The summed E-state index contributed by atoms with van der Waals surface area (Å²) in [7, 11) is 7.17. The van der Waals surface area contributed by atoms with Crippen molar-refractivity contribution in [2.24, 2.45) is 0 Å². The maximum atomic E-state index is 10.9. The quantitative estimate of drug-likeness (QED) is 0.345. The minimum atomic E-state index is 0.103. The van der Waals surface area contributed by atoms with E-state index >= 15 is 0 Å². The molecule has 12 heteroatoms. The Morgan fingerprint density at radius 1 is 1.12 bits per heavy atom. The lowest BCUT2D eigenvalue weighted by Crippen LogP contribution is -2.59. The van der Waals surface area contributed by atoms with Gasteiger partial charge in [0.05, 0.1) is 27.3 Å². The highest BCUT2D eigenvalue weighted by atomic mass is 16.5. The second-order valence-corrected chi connectivity index (χ2v) is 10.6. The molecule has 1 aromatic carbocycles. The van der Waals surface area contributed by atoms with E-state index in [-0.39, 0.29) is 5.91 Å². The molecular weight excluding hydrogens is 522 g/mol. The zero-order valence-electron chi connectivity index (χ0n) is 24.9. The number of methoxy groups -OCH3 is 2. The van der Waals surface area contributed by atoms with Gasteiger partial charge in [-0.1, -0.05) is 0 Å². The van der Waals surface area contributed by atoms with Gasteiger partial charge in [-0.15, -0.1) is 0 Å². The van der Waals surface area contributed by atoms with Gasteiger partial charge in [0.2, 0.25) is 17.7 Å². The molecule has 0 radical (unpaired) electrons. The van der Waals surface area contributed by atoms with Crippen LogP contribution in [0.1, 0.15) is 17.7 Å². The van der Waals surface area contributed by atoms with Gasteiger partial charge in [0, 0.05) is 82.0 Å². The molecule has 5 rings (SSSR count). The van der Waals surface area contributed by atoms with E-state index in [0.29, 0.717) is 18.4 Å². The van der Waals surface area contributed by atoms with Crippen LogP contribution in [0.5, 0.6) is 11.5 Å². The minimum absolute atomic E-state index is 0.103. The lowest BCUT2D eigenvalue weighted by molar-refractivity contribution is -0.121. The van der Waals surface area contributed by atoms with Crippen molar-refractivity contribution in [1.29, 1.82) is 0 Å². The molecule has 3 N–H and O–H groups in total. The van der Waals surface area contributed by atoms with Gasteiger partial charge in [-0.25, -0.2) is 9.97 Å². The number of nitrogens with one attached hydrogen (secondary N) is 3. The number of carbonyl (C=O) groups excluding carboxylic acids is 1. The third-order valence-electron chi connectivity index (χ3n) is 7.64. The Balaban J connectivity index is 0.000000296. The summed E-state index contributed by atoms with van der Waals surface area (Å²) in [5.74, 6) is 3.29. The Labute approximate surface area is 242 Å². The van der Waals surface area contributed by atoms with Crippen molar-refractivity contribution in [3.63, 3.8) is 0 Å². The van der Waals surface area contributed by atoms with E-state index < -0.39 is 0 Å². The molecule has 2 aromatic heterocycles. The summed E-state index contributed by atoms with van der Waals surface area (Å²) in [6.07, 6.45) is 5.93. The van der Waals surface area contributed by atoms with E-state index in [2.05, 4.69) is 56.1 Å². The Kier molecular flexibility index (Phi) is 10.6. The van der Waals surface area contributed by atoms with Crippen LogP contribution in [-0.4, -0.2) is 110 Å². The second kappa shape index (κ2) is 14.4. The fourth-order valence-corrected chi connectivity index (χ4v) is 5.20. The van der Waals surface area contributed by atoms with Crippen molar-refractivity contribution < 1.29 is 14.3 Å². The van der Waals surface area contributed by atoms with E-state index in [0.717, 1.165) is 79.9 Å². The van der Waals surface area contributed by atoms with Gasteiger partial charge in [0.1, 0.15) is 12.9 Å². The lowest BCUT2D eigenvalue weighted by atomic mass is 10.1. The van der Waals surface area contributed by atoms with Gasteiger partial charge >= 0.3 is 0 Å². The summed E-state index contributed by atoms with van der Waals surface area (Å²) in [4.78, 5) is 27.0. The van der Waals surface area contributed by atoms with E-state index in [9.17, 15) is 4.79 Å². The summed E-state index contributed by atoms with van der Waals surface area (Å²) in [5, 5.41) is 9.09. The summed E-state index contributed by atoms with van der Waals surface area (Å²) in [6.45, 7) is 9.69. The van der Waals surface area contributed by atoms with E-state index in [1.807, 2.05) is 23.8 Å². The standard InChI is InChI=1S/C22H29N6O2.C7H15N3O/c1-17-13-21(25-22(24-17)27-8-7-23-16-27)28(11-9-26(2)10-12-28)15-18-5-6-19(29-3)20(14-18)30-4;1-8-7(11)4-6-5-9-2-3-10-6/h5-8,13-14,16H,9-12,15H2,1-4H3;6,9-10H,2-5H2,1H3,(H,8,11)/q+1;. The number of imidazole rings is 1. The van der Waals surface area contributed by atoms with Crippen LogP contribution in [0.25, 0.3) is 5.95 Å². The number of carbonyl (C=O) groups is 1. The molecule has 3 aromatic rings. The monoisotopic (exact) mass is 566 g/mol. The van der Waals surface area contributed by atoms with Crippen LogP contribution in [0.3, 0.4) is 0 Å². The smallest absolute Gasteiger partial charge is 0.240 e. The van der Waals surface area contributed by atoms with Crippen molar-refractivity contribution in [2.45, 2.75) is 25.9 Å². The predicted molar refractivity (Wildman–Crippen MR) is 160 cm³/mol. The number of rotatable bonds is 8. The first-order valence-corrected chi connectivity index (χ1v) is 14.1. The van der Waals surface area contributed by atoms with E-state index in [1.54, 1.807) is 33.8 Å². The number of benzene rings is 1. The number of aryl methyl sites for hydroxylation is 1. The molecule has 0 saturated carbocycles. The number of quaternary nitrogens is 1. The third-order valence-corrected chi connectivity index (χ3v) is 7.64. The molecule has 2 saturated heterocycles. The topological polar surface area (TPSA) is 118 Å². The van der Waals surface area contributed by atoms with Crippen LogP contribution in [0.4, 0.5) is 5.82 Å². The highest BCUT2D eigenvalue weighted by molar-refractivity contribution is 5.76. The Hall–Kier alpha value is -3.58. The molecule has 1 atom stereocenters. The largest absolute Gasteiger partial charge is 0.493 e. The molecule has 2 fully saturated rings. The zero-order chi connectivity index (χ0) is 29.2. The Bertz CT molecular complexity index is 1250. The summed E-state index contributed by atoms with van der Waals surface area (Å²) in [6, 6.07) is 8.59. The molecule has 2 aliphatic rings. The van der Waals surface area contributed by atoms with Crippen LogP contribution < -0.4 is 29.9 Å². The Morgan fingerprint density at radius 3 is 2.54 bits per heavy atom. The molecule has 222 valence electrons. The molecule has 0 spiro atoms. The second-order valence-electron chi connectivity index (χ2n) is 10.6. The number of nitrogens with zero attached hydrogens (tertiary/aromatic N) is 6. The van der Waals surface area contributed by atoms with E-state index in [1.165, 1.54) is 5.56 Å². The van der Waals surface area contributed by atoms with Crippen molar-refractivity contribution >= 4 is 11.7 Å². The number of amides is 1. The van der Waals surface area contributed by atoms with Crippen LogP contribution in [0.2, 0.25) is 0 Å². The third kappa shape index (κ3) is 8.00. The van der Waals surface area contributed by atoms with Gasteiger partial charge in [0.15, 0.2) is 11.5 Å². The fourth-order valence-electron chi connectivity index (χ4n) is 5.20. The van der Waals surface area contributed by atoms with Crippen LogP contribution >= 0.6 is 0 Å². The molecule has 4 heterocycles. The first-order valence-electron chi connectivity index (χ1n) is 14.1. The first kappa shape index (κ1) is 30.4. The highest BCUT2D eigenvalue weighted by Crippen LogP contribution is 2.32. The van der Waals surface area contributed by atoms with Crippen LogP contribution in [-0.2, 0) is 11.3 Å². The lowest BCUT2D eigenvalue weighted by Gasteiger charge is -2.42. The average molecular weight is 567 g/mol. The number of hydrogen-bond acceptors (Lipinski definition) is 9. The normalized spacial score (nSPS) is 18.6. The molecule has 1 unspecified atom stereocenters. The zero-order valence-corrected chi connectivity index (χ0v) is 24.9. The summed E-state index contributed by atoms with van der Waals surface area (Å²) in [5.41, 5.74) is 2.14. The Morgan fingerprint density at radius 2 is 1.90 bits per heavy atom. The predicted octanol–water partition coefficient (Wildman–Crippen LogP) is 1.12. The highest BCUT2D eigenvalue weighted by Gasteiger charge is 2.37. The number of likely N-dealkylation sites (N-methyl/N-ethyl adjacent to an activating group) is 1. The first-order chi connectivity index (χ1) is 19.9. The SMILES string of the molecule is CNC(=O)CC1CNCCN1.COc1ccc(C[N+]2(c3cc(C)nc(-n4ccnc4)n3)CCN(C)CC2)cc1OC. The van der Waals surface area contributed by atoms with Gasteiger partial charge < -0.3 is 25.4 Å². The van der Waals surface area contributed by atoms with Crippen molar-refractivity contribution in [1.82, 2.24) is 44.9 Å². The molecule has 41 heavy (non-hydrogen) atoms. The van der Waals surface area contributed by atoms with Crippen LogP contribution in [0, 0.1) is 6.92 Å². The molecular formula is C29H44N9O3+. The molecule has 2 aliphatic heterocycles. The molecule has 0 aliphatic carbocycles. The number of ether oxygens (including phenoxy) is 2. The molecule has 0 bridgehead atoms.